The number of carbonyl (C=O) groups is 1. The predicted octanol–water partition coefficient (Wildman–Crippen LogP) is 3.80. The van der Waals surface area contributed by atoms with Gasteiger partial charge in [-0.1, -0.05) is 12.5 Å². The lowest BCUT2D eigenvalue weighted by molar-refractivity contribution is -0.128. The van der Waals surface area contributed by atoms with Crippen LogP contribution in [-0.4, -0.2) is 37.3 Å². The zero-order valence-electron chi connectivity index (χ0n) is 16.5. The summed E-state index contributed by atoms with van der Waals surface area (Å²) in [5.74, 6) is -0.492. The number of carbonyl (C=O) groups excluding carboxylic acids is 1. The Labute approximate surface area is 170 Å². The van der Waals surface area contributed by atoms with E-state index in [0.29, 0.717) is 24.5 Å². The quantitative estimate of drug-likeness (QED) is 0.771. The fourth-order valence-corrected chi connectivity index (χ4v) is 4.68. The molecule has 3 rings (SSSR count). The van der Waals surface area contributed by atoms with E-state index in [4.69, 9.17) is 4.74 Å². The Bertz CT molecular complexity index is 968. The maximum atomic E-state index is 13.0. The van der Waals surface area contributed by atoms with Gasteiger partial charge in [-0.25, -0.2) is 12.8 Å². The monoisotopic (exact) mass is 420 g/mol. The highest BCUT2D eigenvalue weighted by molar-refractivity contribution is 7.89. The van der Waals surface area contributed by atoms with E-state index in [0.717, 1.165) is 19.3 Å². The van der Waals surface area contributed by atoms with Crippen LogP contribution in [0.5, 0.6) is 5.75 Å². The van der Waals surface area contributed by atoms with Crippen LogP contribution in [-0.2, 0) is 14.8 Å². The van der Waals surface area contributed by atoms with Gasteiger partial charge in [0.05, 0.1) is 4.90 Å². The van der Waals surface area contributed by atoms with Crippen molar-refractivity contribution in [2.45, 2.75) is 43.6 Å². The molecule has 2 aromatic carbocycles. The minimum atomic E-state index is -3.59. The largest absolute Gasteiger partial charge is 0.478 e. The molecule has 0 radical (unpaired) electrons. The van der Waals surface area contributed by atoms with Crippen LogP contribution in [0.2, 0.25) is 0 Å². The molecule has 6 nitrogen and oxygen atoms in total. The van der Waals surface area contributed by atoms with Gasteiger partial charge in [0.25, 0.3) is 5.91 Å². The predicted molar refractivity (Wildman–Crippen MR) is 109 cm³/mol. The molecule has 0 saturated carbocycles. The van der Waals surface area contributed by atoms with E-state index in [1.165, 1.54) is 40.7 Å². The third-order valence-electron chi connectivity index (χ3n) is 4.78. The van der Waals surface area contributed by atoms with Crippen LogP contribution in [0.3, 0.4) is 0 Å². The maximum Gasteiger partial charge on any atom is 0.267 e. The van der Waals surface area contributed by atoms with Crippen molar-refractivity contribution in [1.82, 2.24) is 4.31 Å². The summed E-state index contributed by atoms with van der Waals surface area (Å²) in [6.45, 7) is 4.19. The molecule has 1 amide bonds. The standard InChI is InChI=1S/C21H25FN2O4S/c1-21(2,28-18-11-9-16(22)10-12-18)20(25)23-17-7-6-8-19(15-17)29(26,27)24-13-4-3-5-14-24/h6-12,15H,3-5,13-14H2,1-2H3,(H,23,25). The average molecular weight is 421 g/mol. The van der Waals surface area contributed by atoms with Crippen molar-refractivity contribution >= 4 is 21.6 Å². The van der Waals surface area contributed by atoms with Gasteiger partial charge in [0.2, 0.25) is 10.0 Å². The van der Waals surface area contributed by atoms with Crippen molar-refractivity contribution in [2.75, 3.05) is 18.4 Å². The van der Waals surface area contributed by atoms with Crippen LogP contribution >= 0.6 is 0 Å². The van der Waals surface area contributed by atoms with Gasteiger partial charge in [0.1, 0.15) is 11.6 Å². The molecule has 156 valence electrons. The zero-order chi connectivity index (χ0) is 21.1. The van der Waals surface area contributed by atoms with Crippen molar-refractivity contribution in [3.05, 3.63) is 54.3 Å². The Morgan fingerprint density at radius 1 is 1.07 bits per heavy atom. The van der Waals surface area contributed by atoms with Gasteiger partial charge in [-0.2, -0.15) is 4.31 Å². The Kier molecular flexibility index (Phi) is 6.24. The SMILES string of the molecule is CC(C)(Oc1ccc(F)cc1)C(=O)Nc1cccc(S(=O)(=O)N2CCCCC2)c1. The molecule has 1 saturated heterocycles. The van der Waals surface area contributed by atoms with Gasteiger partial charge in [-0.15, -0.1) is 0 Å². The Morgan fingerprint density at radius 3 is 2.38 bits per heavy atom. The minimum absolute atomic E-state index is 0.148. The lowest BCUT2D eigenvalue weighted by atomic mass is 10.1. The number of rotatable bonds is 6. The minimum Gasteiger partial charge on any atom is -0.478 e. The number of amides is 1. The van der Waals surface area contributed by atoms with E-state index in [-0.39, 0.29) is 4.90 Å². The number of nitrogens with one attached hydrogen (secondary N) is 1. The zero-order valence-corrected chi connectivity index (χ0v) is 17.3. The fourth-order valence-electron chi connectivity index (χ4n) is 3.11. The summed E-state index contributed by atoms with van der Waals surface area (Å²) < 4.78 is 45.9. The van der Waals surface area contributed by atoms with Gasteiger partial charge >= 0.3 is 0 Å². The molecule has 29 heavy (non-hydrogen) atoms. The summed E-state index contributed by atoms with van der Waals surface area (Å²) in [6, 6.07) is 11.6. The van der Waals surface area contributed by atoms with E-state index < -0.39 is 27.3 Å². The molecular weight excluding hydrogens is 395 g/mol. The first-order valence-electron chi connectivity index (χ1n) is 9.55. The third kappa shape index (κ3) is 5.13. The first-order chi connectivity index (χ1) is 13.7. The highest BCUT2D eigenvalue weighted by atomic mass is 32.2. The van der Waals surface area contributed by atoms with Crippen LogP contribution in [0, 0.1) is 5.82 Å². The molecule has 1 aliphatic heterocycles. The molecule has 0 atom stereocenters. The molecule has 0 aromatic heterocycles. The Hall–Kier alpha value is -2.45. The molecule has 1 fully saturated rings. The lowest BCUT2D eigenvalue weighted by Gasteiger charge is -2.27. The normalized spacial score (nSPS) is 15.7. The number of ether oxygens (including phenoxy) is 1. The van der Waals surface area contributed by atoms with Gasteiger partial charge in [-0.05, 0) is 69.2 Å². The van der Waals surface area contributed by atoms with E-state index >= 15 is 0 Å². The summed E-state index contributed by atoms with van der Waals surface area (Å²) in [4.78, 5) is 12.8. The van der Waals surface area contributed by atoms with E-state index in [1.807, 2.05) is 0 Å². The summed E-state index contributed by atoms with van der Waals surface area (Å²) >= 11 is 0. The molecule has 1 N–H and O–H groups in total. The Morgan fingerprint density at radius 2 is 1.72 bits per heavy atom. The molecular formula is C21H25FN2O4S. The highest BCUT2D eigenvalue weighted by Crippen LogP contribution is 2.24. The molecule has 0 bridgehead atoms. The van der Waals surface area contributed by atoms with Crippen LogP contribution in [0.4, 0.5) is 10.1 Å². The molecule has 2 aromatic rings. The summed E-state index contributed by atoms with van der Waals surface area (Å²) in [6.07, 6.45) is 2.74. The Balaban J connectivity index is 1.73. The number of hydrogen-bond donors (Lipinski definition) is 1. The average Bonchev–Trinajstić information content (AvgIpc) is 2.70. The number of halogens is 1. The van der Waals surface area contributed by atoms with E-state index in [9.17, 15) is 17.6 Å². The molecule has 0 unspecified atom stereocenters. The van der Waals surface area contributed by atoms with Gasteiger partial charge in [-0.3, -0.25) is 4.79 Å². The number of nitrogens with zero attached hydrogens (tertiary/aromatic N) is 1. The van der Waals surface area contributed by atoms with Crippen molar-refractivity contribution in [3.8, 4) is 5.75 Å². The first-order valence-corrected chi connectivity index (χ1v) is 11.0. The second-order valence-electron chi connectivity index (χ2n) is 7.51. The number of piperidine rings is 1. The van der Waals surface area contributed by atoms with E-state index in [1.54, 1.807) is 26.0 Å². The number of benzene rings is 2. The van der Waals surface area contributed by atoms with E-state index in [2.05, 4.69) is 5.32 Å². The molecule has 1 aliphatic rings. The van der Waals surface area contributed by atoms with Gasteiger partial charge < -0.3 is 10.1 Å². The second kappa shape index (κ2) is 8.51. The van der Waals surface area contributed by atoms with Gasteiger partial charge in [0, 0.05) is 18.8 Å². The smallest absolute Gasteiger partial charge is 0.267 e. The first kappa shape index (κ1) is 21.3. The topological polar surface area (TPSA) is 75.7 Å². The van der Waals surface area contributed by atoms with Crippen molar-refractivity contribution in [1.29, 1.82) is 0 Å². The highest BCUT2D eigenvalue weighted by Gasteiger charge is 2.31. The fraction of sp³-hybridized carbons (Fsp3) is 0.381. The van der Waals surface area contributed by atoms with Gasteiger partial charge in [0.15, 0.2) is 5.60 Å². The molecule has 0 aliphatic carbocycles. The maximum absolute atomic E-state index is 13.0. The lowest BCUT2D eigenvalue weighted by Crippen LogP contribution is -2.42. The summed E-state index contributed by atoms with van der Waals surface area (Å²) in [5.41, 5.74) is -0.886. The van der Waals surface area contributed by atoms with Crippen molar-refractivity contribution in [2.24, 2.45) is 0 Å². The van der Waals surface area contributed by atoms with Crippen molar-refractivity contribution in [3.63, 3.8) is 0 Å². The molecule has 8 heteroatoms. The number of sulfonamides is 1. The van der Waals surface area contributed by atoms with Crippen molar-refractivity contribution < 1.29 is 22.3 Å². The van der Waals surface area contributed by atoms with Crippen LogP contribution in [0.1, 0.15) is 33.1 Å². The molecule has 1 heterocycles. The van der Waals surface area contributed by atoms with Crippen LogP contribution < -0.4 is 10.1 Å². The summed E-state index contributed by atoms with van der Waals surface area (Å²) in [7, 11) is -3.59. The number of anilines is 1. The van der Waals surface area contributed by atoms with Crippen LogP contribution in [0.25, 0.3) is 0 Å². The molecule has 0 spiro atoms. The second-order valence-corrected chi connectivity index (χ2v) is 9.45. The third-order valence-corrected chi connectivity index (χ3v) is 6.67. The number of hydrogen-bond acceptors (Lipinski definition) is 4. The van der Waals surface area contributed by atoms with Crippen LogP contribution in [0.15, 0.2) is 53.4 Å². The summed E-state index contributed by atoms with van der Waals surface area (Å²) in [5, 5.41) is 2.71.